The van der Waals surface area contributed by atoms with E-state index in [4.69, 9.17) is 0 Å². The molecule has 0 unspecified atom stereocenters. The van der Waals surface area contributed by atoms with Gasteiger partial charge in [0, 0.05) is 45.0 Å². The van der Waals surface area contributed by atoms with Gasteiger partial charge >= 0.3 is 0 Å². The molecule has 0 aromatic carbocycles. The maximum Gasteiger partial charge on any atom is 0.252 e. The summed E-state index contributed by atoms with van der Waals surface area (Å²) in [5, 5.41) is 11.9. The molecule has 0 spiro atoms. The summed E-state index contributed by atoms with van der Waals surface area (Å²) in [4.78, 5) is 17.5. The number of hydrogen-bond donors (Lipinski definition) is 1. The number of aromatic nitrogens is 3. The molecule has 0 bridgehead atoms. The third-order valence-corrected chi connectivity index (χ3v) is 5.91. The molecule has 4 rings (SSSR count). The van der Waals surface area contributed by atoms with Crippen LogP contribution < -0.4 is 5.32 Å². The van der Waals surface area contributed by atoms with Crippen molar-refractivity contribution in [3.8, 4) is 0 Å². The SMILES string of the molecule is CCCNC(=O)c1ccc2nnc([C@H]3CN(CC4CC4)CCN3C(C)C)n2c1. The lowest BCUT2D eigenvalue weighted by Gasteiger charge is -2.42. The first-order valence-corrected chi connectivity index (χ1v) is 10.7. The lowest BCUT2D eigenvalue weighted by molar-refractivity contribution is 0.0437. The molecule has 7 heteroatoms. The number of pyridine rings is 1. The van der Waals surface area contributed by atoms with E-state index in [0.29, 0.717) is 18.2 Å². The highest BCUT2D eigenvalue weighted by atomic mass is 16.1. The van der Waals surface area contributed by atoms with Crippen molar-refractivity contribution in [1.29, 1.82) is 0 Å². The Morgan fingerprint density at radius 2 is 2.07 bits per heavy atom. The molecule has 2 fully saturated rings. The fourth-order valence-electron chi connectivity index (χ4n) is 4.14. The Morgan fingerprint density at radius 1 is 1.25 bits per heavy atom. The second kappa shape index (κ2) is 8.17. The van der Waals surface area contributed by atoms with Crippen molar-refractivity contribution < 1.29 is 4.79 Å². The zero-order chi connectivity index (χ0) is 19.7. The van der Waals surface area contributed by atoms with Crippen LogP contribution in [0.2, 0.25) is 0 Å². The number of fused-ring (bicyclic) bond motifs is 1. The molecule has 1 N–H and O–H groups in total. The molecule has 1 aliphatic heterocycles. The fraction of sp³-hybridized carbons (Fsp3) is 0.667. The van der Waals surface area contributed by atoms with Gasteiger partial charge in [-0.25, -0.2) is 0 Å². The van der Waals surface area contributed by atoms with Crippen molar-refractivity contribution in [1.82, 2.24) is 29.7 Å². The van der Waals surface area contributed by atoms with Crippen LogP contribution in [0.5, 0.6) is 0 Å². The van der Waals surface area contributed by atoms with Crippen LogP contribution in [0.3, 0.4) is 0 Å². The van der Waals surface area contributed by atoms with E-state index in [1.165, 1.54) is 19.4 Å². The van der Waals surface area contributed by atoms with Gasteiger partial charge in [0.05, 0.1) is 11.6 Å². The zero-order valence-electron chi connectivity index (χ0n) is 17.3. The van der Waals surface area contributed by atoms with Crippen molar-refractivity contribution >= 4 is 11.6 Å². The van der Waals surface area contributed by atoms with Gasteiger partial charge in [0.15, 0.2) is 11.5 Å². The Kier molecular flexibility index (Phi) is 5.64. The van der Waals surface area contributed by atoms with Gasteiger partial charge in [0.1, 0.15) is 0 Å². The first-order valence-electron chi connectivity index (χ1n) is 10.7. The molecule has 2 aromatic rings. The fourth-order valence-corrected chi connectivity index (χ4v) is 4.14. The summed E-state index contributed by atoms with van der Waals surface area (Å²) in [6, 6.07) is 4.36. The monoisotopic (exact) mass is 384 g/mol. The van der Waals surface area contributed by atoms with Crippen LogP contribution in [0.1, 0.15) is 62.3 Å². The molecular weight excluding hydrogens is 352 g/mol. The van der Waals surface area contributed by atoms with Crippen molar-refractivity contribution in [2.45, 2.75) is 52.1 Å². The minimum absolute atomic E-state index is 0.0388. The van der Waals surface area contributed by atoms with Crippen LogP contribution in [0.25, 0.3) is 5.65 Å². The summed E-state index contributed by atoms with van der Waals surface area (Å²) in [6.45, 7) is 11.6. The van der Waals surface area contributed by atoms with Gasteiger partial charge in [-0.1, -0.05) is 6.92 Å². The molecular formula is C21H32N6O. The summed E-state index contributed by atoms with van der Waals surface area (Å²) >= 11 is 0. The normalized spacial score (nSPS) is 21.5. The lowest BCUT2D eigenvalue weighted by Crippen LogP contribution is -2.51. The van der Waals surface area contributed by atoms with E-state index in [1.54, 1.807) is 0 Å². The molecule has 28 heavy (non-hydrogen) atoms. The number of carbonyl (C=O) groups is 1. The molecule has 7 nitrogen and oxygen atoms in total. The largest absolute Gasteiger partial charge is 0.352 e. The Hall–Kier alpha value is -1.99. The maximum absolute atomic E-state index is 12.4. The second-order valence-electron chi connectivity index (χ2n) is 8.51. The zero-order valence-corrected chi connectivity index (χ0v) is 17.3. The van der Waals surface area contributed by atoms with E-state index in [0.717, 1.165) is 43.4 Å². The van der Waals surface area contributed by atoms with Gasteiger partial charge in [-0.3, -0.25) is 19.0 Å². The summed E-state index contributed by atoms with van der Waals surface area (Å²) in [5.74, 6) is 1.78. The van der Waals surface area contributed by atoms with Crippen molar-refractivity contribution in [3.63, 3.8) is 0 Å². The minimum Gasteiger partial charge on any atom is -0.352 e. The standard InChI is InChI=1S/C21H32N6O/c1-4-9-22-21(28)17-7-8-19-23-24-20(27(19)13-17)18-14-25(12-16-5-6-16)10-11-26(18)15(2)3/h7-8,13,15-16,18H,4-6,9-12,14H2,1-3H3,(H,22,28)/t18-/m1/s1. The van der Waals surface area contributed by atoms with E-state index in [2.05, 4.69) is 46.1 Å². The smallest absolute Gasteiger partial charge is 0.252 e. The number of rotatable bonds is 7. The van der Waals surface area contributed by atoms with Crippen LogP contribution in [-0.4, -0.2) is 69.1 Å². The molecule has 3 heterocycles. The highest BCUT2D eigenvalue weighted by Gasteiger charge is 2.35. The van der Waals surface area contributed by atoms with Crippen LogP contribution in [0, 0.1) is 5.92 Å². The number of piperazine rings is 1. The summed E-state index contributed by atoms with van der Waals surface area (Å²) < 4.78 is 2.02. The number of amides is 1. The predicted molar refractivity (Wildman–Crippen MR) is 109 cm³/mol. The first-order chi connectivity index (χ1) is 13.6. The van der Waals surface area contributed by atoms with Crippen molar-refractivity contribution in [2.24, 2.45) is 5.92 Å². The van der Waals surface area contributed by atoms with E-state index < -0.39 is 0 Å². The van der Waals surface area contributed by atoms with Gasteiger partial charge in [-0.05, 0) is 51.2 Å². The van der Waals surface area contributed by atoms with E-state index in [-0.39, 0.29) is 11.9 Å². The van der Waals surface area contributed by atoms with Crippen molar-refractivity contribution in [2.75, 3.05) is 32.7 Å². The van der Waals surface area contributed by atoms with Gasteiger partial charge in [-0.15, -0.1) is 10.2 Å². The van der Waals surface area contributed by atoms with Gasteiger partial charge < -0.3 is 5.32 Å². The summed E-state index contributed by atoms with van der Waals surface area (Å²) in [5.41, 5.74) is 1.45. The highest BCUT2D eigenvalue weighted by molar-refractivity contribution is 5.94. The molecule has 1 saturated heterocycles. The van der Waals surface area contributed by atoms with E-state index in [9.17, 15) is 4.79 Å². The first kappa shape index (κ1) is 19.3. The molecule has 1 saturated carbocycles. The van der Waals surface area contributed by atoms with Crippen LogP contribution in [0.4, 0.5) is 0 Å². The molecule has 1 atom stereocenters. The number of carbonyl (C=O) groups excluding carboxylic acids is 1. The molecule has 1 amide bonds. The topological polar surface area (TPSA) is 65.8 Å². The number of nitrogens with one attached hydrogen (secondary N) is 1. The van der Waals surface area contributed by atoms with Gasteiger partial charge in [0.25, 0.3) is 5.91 Å². The highest BCUT2D eigenvalue weighted by Crippen LogP contribution is 2.33. The van der Waals surface area contributed by atoms with Gasteiger partial charge in [-0.2, -0.15) is 0 Å². The average Bonchev–Trinajstić information content (AvgIpc) is 3.40. The van der Waals surface area contributed by atoms with Crippen LogP contribution >= 0.6 is 0 Å². The Morgan fingerprint density at radius 3 is 2.79 bits per heavy atom. The average molecular weight is 385 g/mol. The minimum atomic E-state index is -0.0388. The van der Waals surface area contributed by atoms with Crippen LogP contribution in [-0.2, 0) is 0 Å². The second-order valence-corrected chi connectivity index (χ2v) is 8.51. The Balaban J connectivity index is 1.63. The lowest BCUT2D eigenvalue weighted by atomic mass is 10.1. The number of nitrogens with zero attached hydrogens (tertiary/aromatic N) is 5. The Labute approximate surface area is 167 Å². The molecule has 2 aromatic heterocycles. The third kappa shape index (κ3) is 4.05. The van der Waals surface area contributed by atoms with Gasteiger partial charge in [0.2, 0.25) is 0 Å². The molecule has 152 valence electrons. The number of hydrogen-bond acceptors (Lipinski definition) is 5. The molecule has 2 aliphatic rings. The predicted octanol–water partition coefficient (Wildman–Crippen LogP) is 2.35. The third-order valence-electron chi connectivity index (χ3n) is 5.91. The van der Waals surface area contributed by atoms with E-state index in [1.807, 2.05) is 22.7 Å². The summed E-state index contributed by atoms with van der Waals surface area (Å²) in [6.07, 6.45) is 5.57. The molecule has 0 radical (unpaired) electrons. The van der Waals surface area contributed by atoms with Crippen LogP contribution in [0.15, 0.2) is 18.3 Å². The van der Waals surface area contributed by atoms with E-state index >= 15 is 0 Å². The van der Waals surface area contributed by atoms with Crippen molar-refractivity contribution in [3.05, 3.63) is 29.7 Å². The quantitative estimate of drug-likeness (QED) is 0.794. The Bertz CT molecular complexity index is 827. The summed E-state index contributed by atoms with van der Waals surface area (Å²) in [7, 11) is 0. The molecule has 1 aliphatic carbocycles. The maximum atomic E-state index is 12.4.